The summed E-state index contributed by atoms with van der Waals surface area (Å²) >= 11 is 0. The molecule has 6 atom stereocenters. The number of epoxide rings is 2. The summed E-state index contributed by atoms with van der Waals surface area (Å²) in [5.41, 5.74) is -3.33. The fraction of sp³-hybridized carbons (Fsp3) is 0.828. The highest BCUT2D eigenvalue weighted by molar-refractivity contribution is 6.00. The first kappa shape index (κ1) is 82.0. The predicted molar refractivity (Wildman–Crippen MR) is 309 cm³/mol. The number of carbonyl (C=O) groups excluding carboxylic acids is 8. The number of nitrogens with one attached hydrogen (secondary N) is 4. The van der Waals surface area contributed by atoms with Crippen molar-refractivity contribution in [1.82, 2.24) is 26.3 Å². The predicted octanol–water partition coefficient (Wildman–Crippen LogP) is 11.5. The van der Waals surface area contributed by atoms with Crippen molar-refractivity contribution in [1.29, 1.82) is 0 Å². The Hall–Kier alpha value is -4.82. The SMILES string of the molecule is C.C.C.C=C(C)C(=O)[C@H](CC(C)C)NC(=O)OC(C)(C)C.CC(C)C[C@H](NC(=O)OC(C)(C)C)C(=O)[C@@]1(C)CO1.CC(C)C[C@H](NC(=O)OC(C)(C)C)C(=O)[C@]1(C)CO1.CON(C)C(=O)[C@H](CC(C)C)NC(=O)OC(C)(C)C. The highest BCUT2D eigenvalue weighted by Gasteiger charge is 2.51. The van der Waals surface area contributed by atoms with Crippen molar-refractivity contribution in [3.05, 3.63) is 12.2 Å². The van der Waals surface area contributed by atoms with E-state index in [0.717, 1.165) is 5.06 Å². The fourth-order valence-corrected chi connectivity index (χ4v) is 6.45. The van der Waals surface area contributed by atoms with Crippen LogP contribution >= 0.6 is 0 Å². The van der Waals surface area contributed by atoms with E-state index in [0.29, 0.717) is 62.2 Å². The standard InChI is InChI=1S/2C14H25NO4.C14H25NO3.C13H26N2O4.3CH4/c2*1-9(2)7-10(11(16)14(6)8-18-14)15-12(17)19-13(3,4)5;1-9(2)8-11(12(16)10(3)4)15-13(17)18-14(5,6)7;1-9(2)8-10(11(16)15(6)18-7)14-12(17)19-13(3,4)5;;;/h2*9-10H,7-8H2,1-6H3,(H,15,17);9,11H,3,8H2,1-2,4-7H3,(H,15,17);9-10H,8H2,1-7H3,(H,14,17);3*1H4/t10-,14+;10-,14-;11-;10-;;;/m0000.../s1. The van der Waals surface area contributed by atoms with Crippen molar-refractivity contribution in [3.63, 3.8) is 0 Å². The van der Waals surface area contributed by atoms with Gasteiger partial charge < -0.3 is 49.7 Å². The molecule has 78 heavy (non-hydrogen) atoms. The molecular formula is C58H113N5O15. The minimum absolute atomic E-state index is 0. The number of alkyl carbamates (subject to hydrolysis) is 4. The molecule has 20 nitrogen and oxygen atoms in total. The van der Waals surface area contributed by atoms with Crippen LogP contribution in [0.15, 0.2) is 12.2 Å². The van der Waals surface area contributed by atoms with Gasteiger partial charge in [-0.15, -0.1) is 0 Å². The lowest BCUT2D eigenvalue weighted by atomic mass is 9.93. The molecule has 2 saturated heterocycles. The zero-order valence-electron chi connectivity index (χ0n) is 50.6. The van der Waals surface area contributed by atoms with Crippen LogP contribution in [0.3, 0.4) is 0 Å². The van der Waals surface area contributed by atoms with Crippen LogP contribution in [0.25, 0.3) is 0 Å². The van der Waals surface area contributed by atoms with Gasteiger partial charge in [-0.1, -0.05) is 84.2 Å². The van der Waals surface area contributed by atoms with Crippen LogP contribution in [0.5, 0.6) is 0 Å². The monoisotopic (exact) mass is 1120 g/mol. The van der Waals surface area contributed by atoms with Gasteiger partial charge in [0.2, 0.25) is 0 Å². The Balaban J connectivity index is -0.000000300. The highest BCUT2D eigenvalue weighted by atomic mass is 16.7. The molecule has 0 aromatic carbocycles. The number of Topliss-reactive ketones (excluding diaryl/α,β-unsaturated/α-hetero) is 3. The molecule has 20 heteroatoms. The Morgan fingerprint density at radius 3 is 0.910 bits per heavy atom. The van der Waals surface area contributed by atoms with E-state index >= 15 is 0 Å². The Morgan fingerprint density at radius 2 is 0.705 bits per heavy atom. The number of ketones is 3. The van der Waals surface area contributed by atoms with E-state index in [1.807, 2.05) is 55.4 Å². The summed E-state index contributed by atoms with van der Waals surface area (Å²) < 4.78 is 31.0. The van der Waals surface area contributed by atoms with Gasteiger partial charge in [0.05, 0.1) is 38.4 Å². The molecule has 0 saturated carbocycles. The summed E-state index contributed by atoms with van der Waals surface area (Å²) in [5.74, 6) is 0.551. The van der Waals surface area contributed by atoms with Gasteiger partial charge in [-0.3, -0.25) is 24.0 Å². The largest absolute Gasteiger partial charge is 0.444 e. The molecule has 4 N–H and O–H groups in total. The van der Waals surface area contributed by atoms with Gasteiger partial charge in [0, 0.05) is 7.05 Å². The van der Waals surface area contributed by atoms with E-state index in [-0.39, 0.29) is 51.5 Å². The maximum atomic E-state index is 12.3. The van der Waals surface area contributed by atoms with E-state index < -0.39 is 82.1 Å². The Labute approximate surface area is 472 Å². The van der Waals surface area contributed by atoms with Crippen LogP contribution in [-0.2, 0) is 52.4 Å². The molecule has 2 rings (SSSR count). The van der Waals surface area contributed by atoms with Gasteiger partial charge in [-0.2, -0.15) is 0 Å². The number of likely N-dealkylation sites (N-methyl/N-ethyl adjacent to an activating group) is 1. The Kier molecular flexibility index (Phi) is 36.8. The summed E-state index contributed by atoms with van der Waals surface area (Å²) in [4.78, 5) is 100. The number of rotatable bonds is 20. The lowest BCUT2D eigenvalue weighted by Crippen LogP contribution is -2.49. The van der Waals surface area contributed by atoms with Gasteiger partial charge in [0.15, 0.2) is 17.3 Å². The van der Waals surface area contributed by atoms with Crippen molar-refractivity contribution in [3.8, 4) is 0 Å². The van der Waals surface area contributed by atoms with E-state index in [4.69, 9.17) is 33.3 Å². The van der Waals surface area contributed by atoms with Gasteiger partial charge in [-0.05, 0) is 159 Å². The third-order valence-corrected chi connectivity index (χ3v) is 10.0. The Bertz CT molecular complexity index is 1810. The van der Waals surface area contributed by atoms with Crippen molar-refractivity contribution >= 4 is 47.6 Å². The second kappa shape index (κ2) is 35.0. The first-order valence-corrected chi connectivity index (χ1v) is 26.0. The molecule has 2 fully saturated rings. The fourth-order valence-electron chi connectivity index (χ4n) is 6.45. The zero-order valence-corrected chi connectivity index (χ0v) is 50.6. The molecule has 0 unspecified atom stereocenters. The van der Waals surface area contributed by atoms with Gasteiger partial charge in [0.1, 0.15) is 39.6 Å². The summed E-state index contributed by atoms with van der Waals surface area (Å²) in [6.45, 7) is 47.0. The van der Waals surface area contributed by atoms with E-state index in [1.54, 1.807) is 104 Å². The average molecular weight is 1120 g/mol. The molecule has 0 spiro atoms. The molecule has 0 aliphatic carbocycles. The zero-order chi connectivity index (χ0) is 59.4. The lowest BCUT2D eigenvalue weighted by Gasteiger charge is -2.26. The van der Waals surface area contributed by atoms with Crippen molar-refractivity contribution in [2.75, 3.05) is 27.4 Å². The smallest absolute Gasteiger partial charge is 0.408 e. The minimum atomic E-state index is -0.728. The number of carbonyl (C=O) groups is 8. The van der Waals surface area contributed by atoms with Crippen LogP contribution in [0, 0.1) is 23.7 Å². The molecule has 2 aliphatic rings. The molecule has 0 aromatic heterocycles. The number of nitrogens with zero attached hydrogens (tertiary/aromatic N) is 1. The number of hydrogen-bond donors (Lipinski definition) is 4. The molecule has 2 heterocycles. The third-order valence-electron chi connectivity index (χ3n) is 10.0. The van der Waals surface area contributed by atoms with Crippen LogP contribution in [0.2, 0.25) is 0 Å². The number of ether oxygens (including phenoxy) is 6. The second-order valence-corrected chi connectivity index (χ2v) is 25.2. The van der Waals surface area contributed by atoms with Crippen molar-refractivity contribution in [2.24, 2.45) is 23.7 Å². The average Bonchev–Trinajstić information content (AvgIpc) is 4.13. The first-order valence-electron chi connectivity index (χ1n) is 26.0. The summed E-state index contributed by atoms with van der Waals surface area (Å²) in [7, 11) is 2.91. The molecule has 0 aromatic rings. The number of amides is 5. The number of hydrogen-bond acceptors (Lipinski definition) is 15. The molecule has 5 amide bonds. The maximum absolute atomic E-state index is 12.3. The molecule has 460 valence electrons. The third kappa shape index (κ3) is 38.7. The van der Waals surface area contributed by atoms with Gasteiger partial charge in [0.25, 0.3) is 5.91 Å². The van der Waals surface area contributed by atoms with Crippen LogP contribution in [0.4, 0.5) is 19.2 Å². The summed E-state index contributed by atoms with van der Waals surface area (Å²) in [6, 6.07) is -2.32. The normalized spacial score (nSPS) is 17.9. The van der Waals surface area contributed by atoms with Crippen LogP contribution in [0.1, 0.15) is 207 Å². The summed E-state index contributed by atoms with van der Waals surface area (Å²) in [5, 5.41) is 11.6. The molecule has 0 radical (unpaired) electrons. The molecular weight excluding hydrogens is 1010 g/mol. The minimum Gasteiger partial charge on any atom is -0.444 e. The van der Waals surface area contributed by atoms with E-state index in [9.17, 15) is 38.4 Å². The topological polar surface area (TPSA) is 259 Å². The second-order valence-electron chi connectivity index (χ2n) is 25.2. The van der Waals surface area contributed by atoms with E-state index in [1.165, 1.54) is 14.2 Å². The van der Waals surface area contributed by atoms with Gasteiger partial charge >= 0.3 is 24.4 Å². The lowest BCUT2D eigenvalue weighted by molar-refractivity contribution is -0.171. The molecule has 0 bridgehead atoms. The van der Waals surface area contributed by atoms with Crippen LogP contribution < -0.4 is 21.3 Å². The van der Waals surface area contributed by atoms with E-state index in [2.05, 4.69) is 27.8 Å². The van der Waals surface area contributed by atoms with Gasteiger partial charge in [-0.25, -0.2) is 24.2 Å². The highest BCUT2D eigenvalue weighted by Crippen LogP contribution is 2.31. The Morgan fingerprint density at radius 1 is 0.487 bits per heavy atom. The van der Waals surface area contributed by atoms with Crippen LogP contribution in [-0.4, -0.2) is 138 Å². The maximum Gasteiger partial charge on any atom is 0.408 e. The molecule has 2 aliphatic heterocycles. The number of hydroxylamine groups is 2. The quantitative estimate of drug-likeness (QED) is 0.0382. The first-order chi connectivity index (χ1) is 33.7. The van der Waals surface area contributed by atoms with Crippen molar-refractivity contribution < 1.29 is 71.6 Å². The van der Waals surface area contributed by atoms with Crippen molar-refractivity contribution in [2.45, 2.75) is 265 Å². The summed E-state index contributed by atoms with van der Waals surface area (Å²) in [6.07, 6.45) is -0.0321.